The number of rotatable bonds is 6. The lowest BCUT2D eigenvalue weighted by Gasteiger charge is -2.43. The maximum atomic E-state index is 11.8. The Morgan fingerprint density at radius 3 is 2.76 bits per heavy atom. The Morgan fingerprint density at radius 1 is 1.40 bits per heavy atom. The topological polar surface area (TPSA) is 59.0 Å². The zero-order valence-electron chi connectivity index (χ0n) is 15.6. The summed E-state index contributed by atoms with van der Waals surface area (Å²) in [4.78, 5) is 13.8. The van der Waals surface area contributed by atoms with Gasteiger partial charge < -0.3 is 19.5 Å². The summed E-state index contributed by atoms with van der Waals surface area (Å²) in [7, 11) is 5.61. The van der Waals surface area contributed by atoms with E-state index in [1.165, 1.54) is 0 Å². The Labute approximate surface area is 150 Å². The van der Waals surface area contributed by atoms with Gasteiger partial charge in [0.05, 0.1) is 19.3 Å². The van der Waals surface area contributed by atoms with Crippen molar-refractivity contribution in [2.45, 2.75) is 31.8 Å². The largest absolute Gasteiger partial charge is 0.496 e. The average Bonchev–Trinajstić information content (AvgIpc) is 2.57. The first kappa shape index (κ1) is 19.5. The van der Waals surface area contributed by atoms with Gasteiger partial charge in [0.25, 0.3) is 0 Å². The van der Waals surface area contributed by atoms with Crippen LogP contribution >= 0.6 is 0 Å². The monoisotopic (exact) mass is 347 g/mol. The van der Waals surface area contributed by atoms with Crippen LogP contribution in [0.4, 0.5) is 0 Å². The summed E-state index contributed by atoms with van der Waals surface area (Å²) >= 11 is 0. The van der Waals surface area contributed by atoms with Crippen LogP contribution in [0.25, 0.3) is 0 Å². The first-order valence-corrected chi connectivity index (χ1v) is 8.77. The highest BCUT2D eigenvalue weighted by Gasteiger charge is 2.43. The number of allylic oxidation sites excluding steroid dienone is 1. The van der Waals surface area contributed by atoms with E-state index in [9.17, 15) is 9.90 Å². The number of para-hydroxylation sites is 1. The van der Waals surface area contributed by atoms with Crippen molar-refractivity contribution in [1.82, 2.24) is 4.90 Å². The fraction of sp³-hybridized carbons (Fsp3) is 0.550. The fourth-order valence-electron chi connectivity index (χ4n) is 3.64. The summed E-state index contributed by atoms with van der Waals surface area (Å²) in [5.74, 6) is 0.364. The van der Waals surface area contributed by atoms with Crippen molar-refractivity contribution >= 4 is 5.97 Å². The number of ether oxygens (including phenoxy) is 2. The van der Waals surface area contributed by atoms with Gasteiger partial charge >= 0.3 is 5.97 Å². The molecule has 5 nitrogen and oxygen atoms in total. The Morgan fingerprint density at radius 2 is 2.12 bits per heavy atom. The lowest BCUT2D eigenvalue weighted by molar-refractivity contribution is -0.137. The molecule has 0 bridgehead atoms. The molecule has 0 amide bonds. The fourth-order valence-corrected chi connectivity index (χ4v) is 3.64. The first-order valence-electron chi connectivity index (χ1n) is 8.77. The molecule has 25 heavy (non-hydrogen) atoms. The summed E-state index contributed by atoms with van der Waals surface area (Å²) in [6.07, 6.45) is 3.47. The highest BCUT2D eigenvalue weighted by molar-refractivity contribution is 5.82. The van der Waals surface area contributed by atoms with Gasteiger partial charge in [-0.05, 0) is 46.3 Å². The molecule has 138 valence electrons. The summed E-state index contributed by atoms with van der Waals surface area (Å²) in [6.45, 7) is 2.89. The number of methoxy groups -OCH3 is 1. The third-order valence-corrected chi connectivity index (χ3v) is 4.78. The maximum absolute atomic E-state index is 11.8. The van der Waals surface area contributed by atoms with Gasteiger partial charge in [0, 0.05) is 24.1 Å². The normalized spacial score (nSPS) is 25.2. The summed E-state index contributed by atoms with van der Waals surface area (Å²) in [5, 5.41) is 11.6. The van der Waals surface area contributed by atoms with Gasteiger partial charge in [0.15, 0.2) is 0 Å². The van der Waals surface area contributed by atoms with E-state index in [1.54, 1.807) is 20.1 Å². The Hall–Kier alpha value is -1.85. The number of hydrogen-bond acceptors (Lipinski definition) is 5. The number of carbonyl (C=O) groups is 1. The van der Waals surface area contributed by atoms with E-state index in [0.717, 1.165) is 11.1 Å². The zero-order valence-corrected chi connectivity index (χ0v) is 15.6. The third-order valence-electron chi connectivity index (χ3n) is 4.78. The standard InChI is InChI=1S/C20H29NO4/c1-5-25-19(22)13-15-10-11-20(23,16(12-15)14-21(2)3)17-8-6-7-9-18(17)24-4/h6-9,13,16,23H,5,10-12,14H2,1-4H3/b15-13-. The predicted octanol–water partition coefficient (Wildman–Crippen LogP) is 2.73. The van der Waals surface area contributed by atoms with Crippen molar-refractivity contribution in [2.24, 2.45) is 5.92 Å². The second kappa shape index (κ2) is 8.50. The molecule has 0 radical (unpaired) electrons. The first-order chi connectivity index (χ1) is 11.9. The Bertz CT molecular complexity index is 626. The van der Waals surface area contributed by atoms with Crippen LogP contribution in [0.3, 0.4) is 0 Å². The molecule has 2 atom stereocenters. The number of benzene rings is 1. The van der Waals surface area contributed by atoms with Crippen molar-refractivity contribution < 1.29 is 19.4 Å². The van der Waals surface area contributed by atoms with Crippen LogP contribution in [0.15, 0.2) is 35.9 Å². The van der Waals surface area contributed by atoms with Crippen LogP contribution in [-0.4, -0.2) is 50.3 Å². The quantitative estimate of drug-likeness (QED) is 0.633. The minimum absolute atomic E-state index is 0.0340. The zero-order chi connectivity index (χ0) is 18.4. The van der Waals surface area contributed by atoms with Gasteiger partial charge in [-0.2, -0.15) is 0 Å². The van der Waals surface area contributed by atoms with E-state index >= 15 is 0 Å². The van der Waals surface area contributed by atoms with E-state index in [2.05, 4.69) is 4.90 Å². The summed E-state index contributed by atoms with van der Waals surface area (Å²) in [5.41, 5.74) is 0.868. The maximum Gasteiger partial charge on any atom is 0.330 e. The van der Waals surface area contributed by atoms with Crippen molar-refractivity contribution in [2.75, 3.05) is 34.4 Å². The number of esters is 1. The van der Waals surface area contributed by atoms with Gasteiger partial charge in [-0.25, -0.2) is 4.79 Å². The molecule has 1 saturated carbocycles. The van der Waals surface area contributed by atoms with Gasteiger partial charge in [-0.15, -0.1) is 0 Å². The molecule has 1 N–H and O–H groups in total. The molecule has 0 aliphatic heterocycles. The molecule has 1 aliphatic rings. The second-order valence-electron chi connectivity index (χ2n) is 6.84. The van der Waals surface area contributed by atoms with Crippen LogP contribution in [-0.2, 0) is 15.1 Å². The van der Waals surface area contributed by atoms with Crippen LogP contribution in [0.5, 0.6) is 5.75 Å². The molecule has 2 unspecified atom stereocenters. The summed E-state index contributed by atoms with van der Waals surface area (Å²) in [6, 6.07) is 7.64. The molecule has 5 heteroatoms. The molecule has 0 aromatic heterocycles. The Kier molecular flexibility index (Phi) is 6.62. The number of carbonyl (C=O) groups excluding carboxylic acids is 1. The highest BCUT2D eigenvalue weighted by Crippen LogP contribution is 2.46. The van der Waals surface area contributed by atoms with E-state index in [-0.39, 0.29) is 11.9 Å². The van der Waals surface area contributed by atoms with Gasteiger partial charge in [0.2, 0.25) is 0 Å². The minimum Gasteiger partial charge on any atom is -0.496 e. The smallest absolute Gasteiger partial charge is 0.330 e. The van der Waals surface area contributed by atoms with Crippen LogP contribution in [0, 0.1) is 5.92 Å². The number of aliphatic hydroxyl groups is 1. The average molecular weight is 347 g/mol. The Balaban J connectivity index is 2.33. The SMILES string of the molecule is CCOC(=O)/C=C1/CCC(O)(c2ccccc2OC)C(CN(C)C)C1. The third kappa shape index (κ3) is 4.61. The van der Waals surface area contributed by atoms with E-state index in [0.29, 0.717) is 38.2 Å². The van der Waals surface area contributed by atoms with Gasteiger partial charge in [-0.3, -0.25) is 0 Å². The van der Waals surface area contributed by atoms with E-state index < -0.39 is 5.60 Å². The summed E-state index contributed by atoms with van der Waals surface area (Å²) < 4.78 is 10.5. The molecule has 2 rings (SSSR count). The molecule has 1 fully saturated rings. The van der Waals surface area contributed by atoms with Crippen molar-refractivity contribution in [3.05, 3.63) is 41.5 Å². The van der Waals surface area contributed by atoms with Crippen LogP contribution in [0.2, 0.25) is 0 Å². The number of hydrogen-bond donors (Lipinski definition) is 1. The molecule has 1 aromatic carbocycles. The van der Waals surface area contributed by atoms with Gasteiger partial charge in [0.1, 0.15) is 5.75 Å². The van der Waals surface area contributed by atoms with Crippen molar-refractivity contribution in [1.29, 1.82) is 0 Å². The molecule has 1 aliphatic carbocycles. The molecule has 1 aromatic rings. The molecule has 0 heterocycles. The number of nitrogens with zero attached hydrogens (tertiary/aromatic N) is 1. The lowest BCUT2D eigenvalue weighted by Crippen LogP contribution is -2.43. The van der Waals surface area contributed by atoms with E-state index in [1.807, 2.05) is 38.4 Å². The van der Waals surface area contributed by atoms with Crippen molar-refractivity contribution in [3.8, 4) is 5.75 Å². The molecular formula is C20H29NO4. The molecular weight excluding hydrogens is 318 g/mol. The lowest BCUT2D eigenvalue weighted by atomic mass is 9.69. The van der Waals surface area contributed by atoms with Crippen LogP contribution in [0.1, 0.15) is 31.7 Å². The molecule has 0 spiro atoms. The van der Waals surface area contributed by atoms with E-state index in [4.69, 9.17) is 9.47 Å². The van der Waals surface area contributed by atoms with Gasteiger partial charge in [-0.1, -0.05) is 23.8 Å². The second-order valence-corrected chi connectivity index (χ2v) is 6.84. The predicted molar refractivity (Wildman–Crippen MR) is 97.5 cm³/mol. The minimum atomic E-state index is -0.983. The van der Waals surface area contributed by atoms with Crippen molar-refractivity contribution in [3.63, 3.8) is 0 Å². The molecule has 0 saturated heterocycles. The highest BCUT2D eigenvalue weighted by atomic mass is 16.5. The van der Waals surface area contributed by atoms with Crippen LogP contribution < -0.4 is 4.74 Å².